The summed E-state index contributed by atoms with van der Waals surface area (Å²) in [7, 11) is 2.43. The Morgan fingerprint density at radius 3 is 1.09 bits per heavy atom. The molecule has 308 valence electrons. The standard InChI is InChI=1S/C38H60N2O6S7Si2/c1-9-23-41-54(42-24-10-2,43-25-11-3)37(7,35-39-31-19-15-17-21-33(31)49-35)29-47-51-53-52-48-30-38(8,36-40-32-20-16-18-22-34(32)50-36)55(44-26-12-4,45-27-13-5)46-28-14-6/h15-22H,9-14,23-30H2,1-8H3. The molecule has 4 aromatic rings. The summed E-state index contributed by atoms with van der Waals surface area (Å²) in [6.07, 6.45) is 5.32. The quantitative estimate of drug-likeness (QED) is 0.0283. The molecule has 0 aliphatic heterocycles. The van der Waals surface area contributed by atoms with E-state index in [0.29, 0.717) is 39.6 Å². The van der Waals surface area contributed by atoms with Gasteiger partial charge in [0.2, 0.25) is 0 Å². The molecule has 0 bridgehead atoms. The van der Waals surface area contributed by atoms with Gasteiger partial charge in [-0.2, -0.15) is 0 Å². The molecule has 2 aromatic carbocycles. The molecule has 8 nitrogen and oxygen atoms in total. The second-order valence-electron chi connectivity index (χ2n) is 13.6. The number of rotatable bonds is 30. The molecular formula is C38H60N2O6S7Si2. The van der Waals surface area contributed by atoms with E-state index in [-0.39, 0.29) is 0 Å². The lowest BCUT2D eigenvalue weighted by atomic mass is 10.2. The number of aromatic nitrogens is 2. The van der Waals surface area contributed by atoms with Gasteiger partial charge in [-0.15, -0.1) is 22.7 Å². The van der Waals surface area contributed by atoms with Crippen molar-refractivity contribution in [2.24, 2.45) is 0 Å². The van der Waals surface area contributed by atoms with Crippen LogP contribution in [0.2, 0.25) is 0 Å². The molecule has 2 atom stereocenters. The zero-order valence-corrected chi connectivity index (χ0v) is 41.4. The van der Waals surface area contributed by atoms with Gasteiger partial charge in [-0.1, -0.05) is 87.4 Å². The number of hydrogen-bond donors (Lipinski definition) is 0. The van der Waals surface area contributed by atoms with Gasteiger partial charge >= 0.3 is 17.6 Å². The highest BCUT2D eigenvalue weighted by molar-refractivity contribution is 9.35. The van der Waals surface area contributed by atoms with E-state index in [1.54, 1.807) is 52.2 Å². The Hall–Kier alpha value is 0.164. The maximum absolute atomic E-state index is 6.80. The van der Waals surface area contributed by atoms with Crippen LogP contribution in [0.15, 0.2) is 48.5 Å². The molecule has 55 heavy (non-hydrogen) atoms. The fraction of sp³-hybridized carbons (Fsp3) is 0.632. The van der Waals surface area contributed by atoms with E-state index in [0.717, 1.165) is 80.5 Å². The van der Waals surface area contributed by atoms with E-state index in [4.69, 9.17) is 36.5 Å². The molecule has 2 aromatic heterocycles. The molecule has 2 unspecified atom stereocenters. The zero-order chi connectivity index (χ0) is 39.6. The first-order chi connectivity index (χ1) is 26.7. The van der Waals surface area contributed by atoms with Gasteiger partial charge in [-0.25, -0.2) is 9.97 Å². The molecule has 0 fully saturated rings. The number of fused-ring (bicyclic) bond motifs is 2. The Morgan fingerprint density at radius 2 is 0.800 bits per heavy atom. The van der Waals surface area contributed by atoms with Gasteiger partial charge in [0.25, 0.3) is 0 Å². The number of para-hydroxylation sites is 2. The van der Waals surface area contributed by atoms with Crippen LogP contribution in [0.1, 0.15) is 104 Å². The Labute approximate surface area is 359 Å². The van der Waals surface area contributed by atoms with Crippen molar-refractivity contribution in [2.75, 3.05) is 51.1 Å². The smallest absolute Gasteiger partial charge is 0.373 e. The summed E-state index contributed by atoms with van der Waals surface area (Å²) in [5.41, 5.74) is 2.00. The minimum atomic E-state index is -3.27. The molecule has 0 saturated heterocycles. The zero-order valence-electron chi connectivity index (χ0n) is 33.7. The van der Waals surface area contributed by atoms with Crippen LogP contribution in [0, 0.1) is 0 Å². The van der Waals surface area contributed by atoms with E-state index in [2.05, 4.69) is 104 Å². The van der Waals surface area contributed by atoms with Crippen LogP contribution in [-0.4, -0.2) is 78.7 Å². The number of benzene rings is 2. The molecule has 0 saturated carbocycles. The van der Waals surface area contributed by atoms with Crippen LogP contribution in [-0.2, 0) is 36.6 Å². The van der Waals surface area contributed by atoms with Gasteiger partial charge in [-0.3, -0.25) is 0 Å². The fourth-order valence-electron chi connectivity index (χ4n) is 5.74. The maximum atomic E-state index is 6.80. The van der Waals surface area contributed by atoms with Gasteiger partial charge in [0.1, 0.15) is 10.0 Å². The second kappa shape index (κ2) is 24.4. The van der Waals surface area contributed by atoms with Crippen LogP contribution in [0.3, 0.4) is 0 Å². The van der Waals surface area contributed by atoms with Crippen molar-refractivity contribution in [3.05, 3.63) is 58.5 Å². The topological polar surface area (TPSA) is 81.2 Å². The third-order valence-corrected chi connectivity index (χ3v) is 28.3. The summed E-state index contributed by atoms with van der Waals surface area (Å²) < 4.78 is 43.1. The van der Waals surface area contributed by atoms with Crippen molar-refractivity contribution >= 4 is 112 Å². The monoisotopic (exact) mass is 920 g/mol. The molecule has 2 heterocycles. The third kappa shape index (κ3) is 12.1. The van der Waals surface area contributed by atoms with E-state index in [9.17, 15) is 0 Å². The molecule has 17 heteroatoms. The van der Waals surface area contributed by atoms with Crippen LogP contribution < -0.4 is 0 Å². The normalized spacial score (nSPS) is 14.8. The minimum absolute atomic E-state index is 0.549. The fourth-order valence-corrected chi connectivity index (χ4v) is 26.7. The number of thiazole rings is 2. The van der Waals surface area contributed by atoms with Gasteiger partial charge in [-0.05, 0) is 106 Å². The highest BCUT2D eigenvalue weighted by Gasteiger charge is 2.62. The lowest BCUT2D eigenvalue weighted by Crippen LogP contribution is -2.63. The van der Waals surface area contributed by atoms with Crippen molar-refractivity contribution in [1.82, 2.24) is 9.97 Å². The Kier molecular flexibility index (Phi) is 21.2. The van der Waals surface area contributed by atoms with Gasteiger partial charge < -0.3 is 26.6 Å². The Bertz CT molecular complexity index is 1460. The first kappa shape index (κ1) is 47.8. The average Bonchev–Trinajstić information content (AvgIpc) is 3.86. The summed E-state index contributed by atoms with van der Waals surface area (Å²) in [5.74, 6) is 1.47. The third-order valence-electron chi connectivity index (χ3n) is 8.71. The molecule has 0 aliphatic carbocycles. The average molecular weight is 922 g/mol. The highest BCUT2D eigenvalue weighted by Crippen LogP contribution is 2.54. The van der Waals surface area contributed by atoms with E-state index < -0.39 is 27.7 Å². The van der Waals surface area contributed by atoms with Crippen molar-refractivity contribution in [2.45, 2.75) is 104 Å². The molecule has 0 aliphatic rings. The lowest BCUT2D eigenvalue weighted by molar-refractivity contribution is 0.0385. The predicted molar refractivity (Wildman–Crippen MR) is 251 cm³/mol. The molecular weight excluding hydrogens is 861 g/mol. The van der Waals surface area contributed by atoms with Gasteiger partial charge in [0.15, 0.2) is 0 Å². The van der Waals surface area contributed by atoms with E-state index in [1.807, 2.05) is 21.6 Å². The Morgan fingerprint density at radius 1 is 0.491 bits per heavy atom. The lowest BCUT2D eigenvalue weighted by Gasteiger charge is -2.42. The summed E-state index contributed by atoms with van der Waals surface area (Å²) in [5, 5.41) is 0.935. The first-order valence-corrected chi connectivity index (χ1v) is 31.1. The maximum Gasteiger partial charge on any atom is 0.515 e. The molecule has 0 N–H and O–H groups in total. The van der Waals surface area contributed by atoms with Crippen LogP contribution >= 0.6 is 73.7 Å². The summed E-state index contributed by atoms with van der Waals surface area (Å²) in [6.45, 7) is 20.9. The SMILES string of the molecule is CCCO[Si](OCCC)(OCCC)C(C)(CSSSSSCC(C)(c1nc2ccccc2s1)[Si](OCCC)(OCCC)OCCC)c1nc2ccccc2s1. The second-order valence-corrected chi connectivity index (χ2v) is 29.6. The summed E-state index contributed by atoms with van der Waals surface area (Å²) in [6, 6.07) is 16.7. The largest absolute Gasteiger partial charge is 0.515 e. The van der Waals surface area contributed by atoms with Gasteiger partial charge in [0.05, 0.1) is 30.5 Å². The van der Waals surface area contributed by atoms with Crippen molar-refractivity contribution in [3.8, 4) is 0 Å². The highest BCUT2D eigenvalue weighted by atomic mass is 33.8. The van der Waals surface area contributed by atoms with Crippen molar-refractivity contribution in [3.63, 3.8) is 0 Å². The molecule has 0 spiro atoms. The molecule has 0 radical (unpaired) electrons. The Balaban J connectivity index is 1.56. The van der Waals surface area contributed by atoms with Crippen molar-refractivity contribution < 1.29 is 26.6 Å². The van der Waals surface area contributed by atoms with Crippen LogP contribution in [0.25, 0.3) is 20.4 Å². The minimum Gasteiger partial charge on any atom is -0.373 e. The summed E-state index contributed by atoms with van der Waals surface area (Å²) >= 11 is 3.46. The van der Waals surface area contributed by atoms with E-state index in [1.165, 1.54) is 0 Å². The van der Waals surface area contributed by atoms with Gasteiger partial charge in [0, 0.05) is 51.1 Å². The predicted octanol–water partition coefficient (Wildman–Crippen LogP) is 13.0. The summed E-state index contributed by atoms with van der Waals surface area (Å²) in [4.78, 5) is 10.4. The van der Waals surface area contributed by atoms with E-state index >= 15 is 0 Å². The van der Waals surface area contributed by atoms with Crippen LogP contribution in [0.5, 0.6) is 0 Å². The number of nitrogens with zero attached hydrogens (tertiary/aromatic N) is 2. The molecule has 4 rings (SSSR count). The van der Waals surface area contributed by atoms with Crippen LogP contribution in [0.4, 0.5) is 0 Å². The van der Waals surface area contributed by atoms with Crippen molar-refractivity contribution in [1.29, 1.82) is 0 Å². The molecule has 0 amide bonds. The first-order valence-electron chi connectivity index (χ1n) is 19.5. The number of hydrogen-bond acceptors (Lipinski definition) is 15.